The van der Waals surface area contributed by atoms with Crippen LogP contribution in [0.4, 0.5) is 13.2 Å². The lowest BCUT2D eigenvalue weighted by Gasteiger charge is -2.20. The van der Waals surface area contributed by atoms with Gasteiger partial charge in [-0.2, -0.15) is 18.3 Å². The van der Waals surface area contributed by atoms with Gasteiger partial charge in [0.05, 0.1) is 29.0 Å². The average molecular weight is 533 g/mol. The average Bonchev–Trinajstić information content (AvgIpc) is 3.35. The molecular formula is C25H31F3N6O2Si. The quantitative estimate of drug-likeness (QED) is 0.246. The van der Waals surface area contributed by atoms with Gasteiger partial charge in [-0.25, -0.2) is 14.6 Å². The first-order valence-electron chi connectivity index (χ1n) is 11.9. The van der Waals surface area contributed by atoms with Crippen molar-refractivity contribution in [1.29, 1.82) is 0 Å². The molecule has 3 aromatic heterocycles. The van der Waals surface area contributed by atoms with E-state index in [1.807, 2.05) is 20.8 Å². The van der Waals surface area contributed by atoms with Crippen molar-refractivity contribution in [3.05, 3.63) is 47.9 Å². The highest BCUT2D eigenvalue weighted by Crippen LogP contribution is 2.32. The predicted molar refractivity (Wildman–Crippen MR) is 138 cm³/mol. The second-order valence-corrected chi connectivity index (χ2v) is 16.9. The largest absolute Gasteiger partial charge is 0.416 e. The molecule has 0 radical (unpaired) electrons. The third kappa shape index (κ3) is 6.19. The van der Waals surface area contributed by atoms with Gasteiger partial charge < -0.3 is 14.6 Å². The Bertz CT molecular complexity index is 1450. The van der Waals surface area contributed by atoms with Gasteiger partial charge >= 0.3 is 6.18 Å². The molecule has 0 aliphatic rings. The molecule has 0 fully saturated rings. The molecule has 1 N–H and O–H groups in total. The van der Waals surface area contributed by atoms with E-state index in [1.54, 1.807) is 10.8 Å². The first kappa shape index (κ1) is 26.8. The van der Waals surface area contributed by atoms with Gasteiger partial charge in [0.1, 0.15) is 12.2 Å². The van der Waals surface area contributed by atoms with Crippen LogP contribution in [-0.2, 0) is 17.6 Å². The number of amides is 1. The fourth-order valence-corrected chi connectivity index (χ4v) is 4.51. The highest BCUT2D eigenvalue weighted by Gasteiger charge is 2.31. The molecule has 0 aliphatic carbocycles. The number of nitrogens with one attached hydrogen (secondary N) is 1. The molecule has 1 aromatic carbocycles. The van der Waals surface area contributed by atoms with Crippen molar-refractivity contribution in [3.63, 3.8) is 0 Å². The smallest absolute Gasteiger partial charge is 0.361 e. The van der Waals surface area contributed by atoms with Crippen molar-refractivity contribution < 1.29 is 22.7 Å². The van der Waals surface area contributed by atoms with Gasteiger partial charge in [0, 0.05) is 31.8 Å². The van der Waals surface area contributed by atoms with E-state index in [1.165, 1.54) is 23.1 Å². The number of alkyl halides is 3. The van der Waals surface area contributed by atoms with Gasteiger partial charge in [-0.05, 0) is 45.0 Å². The maximum atomic E-state index is 13.1. The Morgan fingerprint density at radius 2 is 1.86 bits per heavy atom. The maximum absolute atomic E-state index is 13.1. The molecule has 0 saturated heterocycles. The van der Waals surface area contributed by atoms with Crippen LogP contribution in [0.1, 0.15) is 36.7 Å². The Labute approximate surface area is 213 Å². The monoisotopic (exact) mass is 532 g/mol. The SMILES string of the molecule is CC(C)(C)NC(=O)c1cn(COCC[Si](C)(C)C)c2ncc(-n3ncc4cc(C(F)(F)F)ccc43)nc12. The molecule has 12 heteroatoms. The van der Waals surface area contributed by atoms with E-state index >= 15 is 0 Å². The number of ether oxygens (including phenoxy) is 1. The summed E-state index contributed by atoms with van der Waals surface area (Å²) in [6.07, 6.45) is 0.0445. The normalized spacial score (nSPS) is 13.0. The van der Waals surface area contributed by atoms with Crippen LogP contribution in [0.2, 0.25) is 25.7 Å². The van der Waals surface area contributed by atoms with E-state index in [9.17, 15) is 18.0 Å². The van der Waals surface area contributed by atoms with Gasteiger partial charge in [0.2, 0.25) is 0 Å². The number of hydrogen-bond acceptors (Lipinski definition) is 5. The van der Waals surface area contributed by atoms with E-state index < -0.39 is 25.4 Å². The maximum Gasteiger partial charge on any atom is 0.416 e. The summed E-state index contributed by atoms with van der Waals surface area (Å²) in [5, 5.41) is 7.50. The van der Waals surface area contributed by atoms with Crippen molar-refractivity contribution in [1.82, 2.24) is 29.6 Å². The number of fused-ring (bicyclic) bond motifs is 2. The number of carbonyl (C=O) groups is 1. The summed E-state index contributed by atoms with van der Waals surface area (Å²) in [7, 11) is -1.26. The van der Waals surface area contributed by atoms with Crippen LogP contribution < -0.4 is 5.32 Å². The fourth-order valence-electron chi connectivity index (χ4n) is 3.75. The van der Waals surface area contributed by atoms with Crippen LogP contribution >= 0.6 is 0 Å². The summed E-state index contributed by atoms with van der Waals surface area (Å²) < 4.78 is 48.4. The van der Waals surface area contributed by atoms with E-state index in [4.69, 9.17) is 4.74 Å². The van der Waals surface area contributed by atoms with Crippen LogP contribution in [0.15, 0.2) is 36.8 Å². The molecule has 0 unspecified atom stereocenters. The van der Waals surface area contributed by atoms with Gasteiger partial charge in [-0.3, -0.25) is 4.79 Å². The molecule has 8 nitrogen and oxygen atoms in total. The summed E-state index contributed by atoms with van der Waals surface area (Å²) in [6.45, 7) is 13.3. The van der Waals surface area contributed by atoms with E-state index in [2.05, 4.69) is 40.0 Å². The second-order valence-electron chi connectivity index (χ2n) is 11.3. The lowest BCUT2D eigenvalue weighted by Crippen LogP contribution is -2.40. The van der Waals surface area contributed by atoms with E-state index in [-0.39, 0.29) is 18.5 Å². The molecule has 0 saturated carbocycles. The summed E-state index contributed by atoms with van der Waals surface area (Å²) >= 11 is 0. The number of hydrogen-bond donors (Lipinski definition) is 1. The van der Waals surface area contributed by atoms with Crippen molar-refractivity contribution in [2.75, 3.05) is 6.61 Å². The first-order chi connectivity index (χ1) is 17.1. The first-order valence-corrected chi connectivity index (χ1v) is 15.6. The Kier molecular flexibility index (Phi) is 6.93. The lowest BCUT2D eigenvalue weighted by molar-refractivity contribution is -0.137. The van der Waals surface area contributed by atoms with Crippen molar-refractivity contribution in [2.45, 2.75) is 64.9 Å². The molecule has 0 spiro atoms. The predicted octanol–water partition coefficient (Wildman–Crippen LogP) is 5.63. The summed E-state index contributed by atoms with van der Waals surface area (Å²) in [6, 6.07) is 4.40. The number of rotatable bonds is 7. The van der Waals surface area contributed by atoms with Crippen molar-refractivity contribution in [2.24, 2.45) is 0 Å². The van der Waals surface area contributed by atoms with Gasteiger partial charge in [-0.1, -0.05) is 19.6 Å². The minimum absolute atomic E-state index is 0.211. The molecule has 37 heavy (non-hydrogen) atoms. The zero-order valence-corrected chi connectivity index (χ0v) is 22.8. The Hall–Kier alpha value is -3.25. The standard InChI is InChI=1S/C25H31F3N6O2Si/c1-24(2,3)32-23(35)18-14-33(15-36-9-10-37(4,5)6)22-21(18)31-20(13-29-22)34-19-8-7-17(25(26,27)28)11-16(19)12-30-34/h7-8,11-14H,9-10,15H2,1-6H3,(H,32,35). The topological polar surface area (TPSA) is 86.9 Å². The zero-order chi connectivity index (χ0) is 27.2. The number of halogens is 3. The Morgan fingerprint density at radius 1 is 1.14 bits per heavy atom. The molecule has 4 rings (SSSR count). The third-order valence-electron chi connectivity index (χ3n) is 5.62. The van der Waals surface area contributed by atoms with Crippen LogP contribution in [0.5, 0.6) is 0 Å². The van der Waals surface area contributed by atoms with Crippen LogP contribution in [0, 0.1) is 0 Å². The number of benzene rings is 1. The molecular weight excluding hydrogens is 501 g/mol. The van der Waals surface area contributed by atoms with Crippen LogP contribution in [-0.4, -0.2) is 50.4 Å². The third-order valence-corrected chi connectivity index (χ3v) is 7.33. The fraction of sp³-hybridized carbons (Fsp3) is 0.440. The van der Waals surface area contributed by atoms with Crippen molar-refractivity contribution in [3.8, 4) is 5.82 Å². The molecule has 1 amide bonds. The number of aromatic nitrogens is 5. The molecule has 0 atom stereocenters. The molecule has 198 valence electrons. The van der Waals surface area contributed by atoms with Gasteiger partial charge in [0.25, 0.3) is 5.91 Å². The van der Waals surface area contributed by atoms with Crippen LogP contribution in [0.25, 0.3) is 27.9 Å². The Balaban J connectivity index is 1.74. The zero-order valence-electron chi connectivity index (χ0n) is 21.8. The minimum atomic E-state index is -4.45. The minimum Gasteiger partial charge on any atom is -0.361 e. The summed E-state index contributed by atoms with van der Waals surface area (Å²) in [5.41, 5.74) is 0.350. The number of carbonyl (C=O) groups excluding carboxylic acids is 1. The molecule has 0 aliphatic heterocycles. The van der Waals surface area contributed by atoms with E-state index in [0.29, 0.717) is 34.2 Å². The molecule has 0 bridgehead atoms. The van der Waals surface area contributed by atoms with Crippen molar-refractivity contribution >= 4 is 36.0 Å². The summed E-state index contributed by atoms with van der Waals surface area (Å²) in [5.74, 6) is -0.0330. The van der Waals surface area contributed by atoms with Gasteiger partial charge in [-0.15, -0.1) is 0 Å². The van der Waals surface area contributed by atoms with Gasteiger partial charge in [0.15, 0.2) is 11.5 Å². The Morgan fingerprint density at radius 3 is 2.51 bits per heavy atom. The summed E-state index contributed by atoms with van der Waals surface area (Å²) in [4.78, 5) is 22.3. The number of nitrogens with zero attached hydrogens (tertiary/aromatic N) is 5. The second kappa shape index (κ2) is 9.56. The molecule has 3 heterocycles. The van der Waals surface area contributed by atoms with Crippen LogP contribution in [0.3, 0.4) is 0 Å². The highest BCUT2D eigenvalue weighted by molar-refractivity contribution is 6.76. The highest BCUT2D eigenvalue weighted by atomic mass is 28.3. The molecule has 4 aromatic rings. The van der Waals surface area contributed by atoms with E-state index in [0.717, 1.165) is 18.2 Å². The lowest BCUT2D eigenvalue weighted by atomic mass is 10.1.